The molecule has 1 saturated heterocycles. The van der Waals surface area contributed by atoms with Gasteiger partial charge in [0.05, 0.1) is 13.2 Å². The largest absolute Gasteiger partial charge is 0.494 e. The summed E-state index contributed by atoms with van der Waals surface area (Å²) in [5.41, 5.74) is 7.47. The number of ether oxygens (including phenoxy) is 2. The molecule has 2 unspecified atom stereocenters. The molecule has 1 aliphatic heterocycles. The van der Waals surface area contributed by atoms with Gasteiger partial charge < -0.3 is 20.1 Å². The first-order chi connectivity index (χ1) is 10.2. The third kappa shape index (κ3) is 4.99. The Bertz CT molecular complexity index is 419. The van der Waals surface area contributed by atoms with Crippen molar-refractivity contribution < 1.29 is 9.47 Å². The molecule has 1 fully saturated rings. The van der Waals surface area contributed by atoms with E-state index in [4.69, 9.17) is 15.2 Å². The van der Waals surface area contributed by atoms with E-state index in [0.29, 0.717) is 12.5 Å². The van der Waals surface area contributed by atoms with Crippen molar-refractivity contribution in [3.05, 3.63) is 29.8 Å². The minimum atomic E-state index is -0.0257. The molecule has 0 aromatic heterocycles. The Balaban J connectivity index is 1.89. The lowest BCUT2D eigenvalue weighted by atomic mass is 10.0. The second kappa shape index (κ2) is 8.37. The summed E-state index contributed by atoms with van der Waals surface area (Å²) in [6.07, 6.45) is 2.44. The SMILES string of the molecule is CCOc1ccccc1C(N)CN(C)CC1CCCOC1. The van der Waals surface area contributed by atoms with Crippen LogP contribution in [0.3, 0.4) is 0 Å². The van der Waals surface area contributed by atoms with E-state index in [1.807, 2.05) is 25.1 Å². The van der Waals surface area contributed by atoms with Crippen molar-refractivity contribution in [1.29, 1.82) is 0 Å². The average molecular weight is 292 g/mol. The van der Waals surface area contributed by atoms with Gasteiger partial charge in [0.2, 0.25) is 0 Å². The van der Waals surface area contributed by atoms with Gasteiger partial charge in [-0.25, -0.2) is 0 Å². The smallest absolute Gasteiger partial charge is 0.124 e. The van der Waals surface area contributed by atoms with Crippen molar-refractivity contribution >= 4 is 0 Å². The van der Waals surface area contributed by atoms with Gasteiger partial charge in [0, 0.05) is 31.3 Å². The van der Waals surface area contributed by atoms with E-state index in [1.165, 1.54) is 12.8 Å². The van der Waals surface area contributed by atoms with Crippen molar-refractivity contribution in [3.8, 4) is 5.75 Å². The Morgan fingerprint density at radius 2 is 2.24 bits per heavy atom. The Morgan fingerprint density at radius 3 is 2.95 bits per heavy atom. The highest BCUT2D eigenvalue weighted by atomic mass is 16.5. The van der Waals surface area contributed by atoms with Crippen LogP contribution in [0.25, 0.3) is 0 Å². The predicted octanol–water partition coefficient (Wildman–Crippen LogP) is 2.44. The van der Waals surface area contributed by atoms with Crippen LogP contribution in [0, 0.1) is 5.92 Å². The van der Waals surface area contributed by atoms with Gasteiger partial charge in [0.25, 0.3) is 0 Å². The van der Waals surface area contributed by atoms with E-state index >= 15 is 0 Å². The molecule has 0 amide bonds. The van der Waals surface area contributed by atoms with Crippen LogP contribution >= 0.6 is 0 Å². The molecule has 4 heteroatoms. The lowest BCUT2D eigenvalue weighted by Gasteiger charge is -2.29. The number of benzene rings is 1. The molecule has 0 spiro atoms. The molecule has 2 N–H and O–H groups in total. The first-order valence-electron chi connectivity index (χ1n) is 7.94. The summed E-state index contributed by atoms with van der Waals surface area (Å²) in [7, 11) is 2.14. The summed E-state index contributed by atoms with van der Waals surface area (Å²) < 4.78 is 11.2. The van der Waals surface area contributed by atoms with Crippen molar-refractivity contribution in [2.75, 3.05) is 40.0 Å². The summed E-state index contributed by atoms with van der Waals surface area (Å²) >= 11 is 0. The van der Waals surface area contributed by atoms with Crippen LogP contribution in [0.4, 0.5) is 0 Å². The van der Waals surface area contributed by atoms with Crippen LogP contribution < -0.4 is 10.5 Å². The number of rotatable bonds is 7. The fraction of sp³-hybridized carbons (Fsp3) is 0.647. The van der Waals surface area contributed by atoms with Crippen LogP contribution in [0.2, 0.25) is 0 Å². The van der Waals surface area contributed by atoms with Gasteiger partial charge in [-0.2, -0.15) is 0 Å². The monoisotopic (exact) mass is 292 g/mol. The van der Waals surface area contributed by atoms with Crippen LogP contribution in [0.5, 0.6) is 5.75 Å². The Labute approximate surface area is 128 Å². The maximum atomic E-state index is 6.38. The minimum Gasteiger partial charge on any atom is -0.494 e. The van der Waals surface area contributed by atoms with E-state index in [2.05, 4.69) is 18.0 Å². The summed E-state index contributed by atoms with van der Waals surface area (Å²) in [6, 6.07) is 8.04. The summed E-state index contributed by atoms with van der Waals surface area (Å²) in [5.74, 6) is 1.54. The molecule has 1 aromatic carbocycles. The van der Waals surface area contributed by atoms with E-state index in [0.717, 1.165) is 37.6 Å². The topological polar surface area (TPSA) is 47.7 Å². The molecule has 1 aromatic rings. The molecule has 0 radical (unpaired) electrons. The molecular weight excluding hydrogens is 264 g/mol. The highest BCUT2D eigenvalue weighted by Gasteiger charge is 2.19. The zero-order chi connectivity index (χ0) is 15.1. The lowest BCUT2D eigenvalue weighted by Crippen LogP contribution is -2.35. The number of hydrogen-bond donors (Lipinski definition) is 1. The predicted molar refractivity (Wildman–Crippen MR) is 85.6 cm³/mol. The highest BCUT2D eigenvalue weighted by Crippen LogP contribution is 2.24. The molecule has 21 heavy (non-hydrogen) atoms. The standard InChI is InChI=1S/C17H28N2O2/c1-3-21-17-9-5-4-8-15(17)16(18)12-19(2)11-14-7-6-10-20-13-14/h4-5,8-9,14,16H,3,6-7,10-13,18H2,1-2H3. The molecule has 1 heterocycles. The average Bonchev–Trinajstić information content (AvgIpc) is 2.49. The number of nitrogens with two attached hydrogens (primary N) is 1. The van der Waals surface area contributed by atoms with E-state index in [1.54, 1.807) is 0 Å². The van der Waals surface area contributed by atoms with Gasteiger partial charge in [-0.15, -0.1) is 0 Å². The zero-order valence-corrected chi connectivity index (χ0v) is 13.3. The van der Waals surface area contributed by atoms with Crippen molar-refractivity contribution in [2.45, 2.75) is 25.8 Å². The molecule has 2 rings (SSSR count). The van der Waals surface area contributed by atoms with E-state index in [9.17, 15) is 0 Å². The van der Waals surface area contributed by atoms with Crippen LogP contribution in [-0.4, -0.2) is 44.9 Å². The summed E-state index contributed by atoms with van der Waals surface area (Å²) in [5, 5.41) is 0. The molecule has 0 aliphatic carbocycles. The maximum absolute atomic E-state index is 6.38. The second-order valence-corrected chi connectivity index (χ2v) is 5.88. The van der Waals surface area contributed by atoms with Crippen LogP contribution in [-0.2, 0) is 4.74 Å². The Kier molecular flexibility index (Phi) is 6.49. The molecule has 1 aliphatic rings. The normalized spacial score (nSPS) is 20.5. The number of hydrogen-bond acceptors (Lipinski definition) is 4. The van der Waals surface area contributed by atoms with Crippen molar-refractivity contribution in [2.24, 2.45) is 11.7 Å². The fourth-order valence-corrected chi connectivity index (χ4v) is 2.97. The minimum absolute atomic E-state index is 0.0257. The maximum Gasteiger partial charge on any atom is 0.124 e. The molecule has 0 bridgehead atoms. The lowest BCUT2D eigenvalue weighted by molar-refractivity contribution is 0.0414. The number of para-hydroxylation sites is 1. The third-order valence-electron chi connectivity index (χ3n) is 3.95. The molecule has 0 saturated carbocycles. The second-order valence-electron chi connectivity index (χ2n) is 5.88. The first kappa shape index (κ1) is 16.3. The van der Waals surface area contributed by atoms with Gasteiger partial charge in [0.1, 0.15) is 5.75 Å². The van der Waals surface area contributed by atoms with Gasteiger partial charge in [-0.3, -0.25) is 0 Å². The summed E-state index contributed by atoms with van der Waals surface area (Å²) in [4.78, 5) is 2.31. The van der Waals surface area contributed by atoms with E-state index in [-0.39, 0.29) is 6.04 Å². The highest BCUT2D eigenvalue weighted by molar-refractivity contribution is 5.35. The zero-order valence-electron chi connectivity index (χ0n) is 13.3. The van der Waals surface area contributed by atoms with Crippen molar-refractivity contribution in [3.63, 3.8) is 0 Å². The quantitative estimate of drug-likeness (QED) is 0.838. The van der Waals surface area contributed by atoms with E-state index < -0.39 is 0 Å². The number of nitrogens with zero attached hydrogens (tertiary/aromatic N) is 1. The van der Waals surface area contributed by atoms with Gasteiger partial charge in [0.15, 0.2) is 0 Å². The molecule has 4 nitrogen and oxygen atoms in total. The first-order valence-corrected chi connectivity index (χ1v) is 7.94. The van der Waals surface area contributed by atoms with Gasteiger partial charge in [-0.05, 0) is 38.8 Å². The van der Waals surface area contributed by atoms with Gasteiger partial charge >= 0.3 is 0 Å². The van der Waals surface area contributed by atoms with Gasteiger partial charge in [-0.1, -0.05) is 18.2 Å². The fourth-order valence-electron chi connectivity index (χ4n) is 2.97. The Morgan fingerprint density at radius 1 is 1.43 bits per heavy atom. The molecule has 118 valence electrons. The van der Waals surface area contributed by atoms with Crippen molar-refractivity contribution in [1.82, 2.24) is 4.90 Å². The molecular formula is C17H28N2O2. The number of likely N-dealkylation sites (N-methyl/N-ethyl adjacent to an activating group) is 1. The van der Waals surface area contributed by atoms with Crippen LogP contribution in [0.1, 0.15) is 31.4 Å². The molecule has 2 atom stereocenters. The summed E-state index contributed by atoms with van der Waals surface area (Å²) in [6.45, 7) is 6.35. The third-order valence-corrected chi connectivity index (χ3v) is 3.95. The van der Waals surface area contributed by atoms with Crippen LogP contribution in [0.15, 0.2) is 24.3 Å². The Hall–Kier alpha value is -1.10.